The topological polar surface area (TPSA) is 188 Å². The summed E-state index contributed by atoms with van der Waals surface area (Å²) in [6, 6.07) is 0. The zero-order valence-corrected chi connectivity index (χ0v) is 39.9. The van der Waals surface area contributed by atoms with E-state index >= 15 is 0 Å². The predicted octanol–water partition coefficient (Wildman–Crippen LogP) is 11.3. The Balaban J connectivity index is 2.31. The maximum atomic E-state index is 12.7. The molecule has 0 fully saturated rings. The van der Waals surface area contributed by atoms with Crippen LogP contribution in [0.25, 0.3) is 0 Å². The van der Waals surface area contributed by atoms with Crippen LogP contribution < -0.4 is 5.73 Å². The zero-order chi connectivity index (χ0) is 45.7. The number of aliphatic hydroxyl groups is 2. The highest BCUT2D eigenvalue weighted by Gasteiger charge is 2.26. The van der Waals surface area contributed by atoms with Crippen molar-refractivity contribution in [3.63, 3.8) is 0 Å². The van der Waals surface area contributed by atoms with Crippen LogP contribution in [0.5, 0.6) is 0 Å². The lowest BCUT2D eigenvalue weighted by molar-refractivity contribution is -0.161. The number of unbranched alkanes of at least 4 members (excludes halogenated alkanes) is 14. The molecule has 0 aliphatic rings. The van der Waals surface area contributed by atoms with Gasteiger partial charge in [0.15, 0.2) is 6.10 Å². The van der Waals surface area contributed by atoms with Gasteiger partial charge in [0.05, 0.1) is 25.4 Å². The van der Waals surface area contributed by atoms with Gasteiger partial charge in [-0.05, 0) is 89.2 Å². The lowest BCUT2D eigenvalue weighted by atomic mass is 10.0. The predicted molar refractivity (Wildman–Crippen MR) is 249 cm³/mol. The van der Waals surface area contributed by atoms with Crippen molar-refractivity contribution in [3.8, 4) is 0 Å². The summed E-state index contributed by atoms with van der Waals surface area (Å²) in [6.45, 7) is 7.70. The number of hydrogen-bond donors (Lipinski definition) is 4. The molecule has 12 nitrogen and oxygen atoms in total. The lowest BCUT2D eigenvalue weighted by Crippen LogP contribution is -2.30. The summed E-state index contributed by atoms with van der Waals surface area (Å²) in [5.74, 6) is 1.22. The van der Waals surface area contributed by atoms with Crippen molar-refractivity contribution in [2.45, 2.75) is 213 Å². The van der Waals surface area contributed by atoms with E-state index < -0.39 is 44.7 Å². The second-order valence-corrected chi connectivity index (χ2v) is 18.0. The number of furan rings is 1. The van der Waals surface area contributed by atoms with Crippen molar-refractivity contribution >= 4 is 19.8 Å². The van der Waals surface area contributed by atoms with Gasteiger partial charge in [0, 0.05) is 32.2 Å². The fourth-order valence-electron chi connectivity index (χ4n) is 6.92. The first kappa shape index (κ1) is 57.4. The molecule has 4 atom stereocenters. The van der Waals surface area contributed by atoms with E-state index in [1.807, 2.05) is 12.2 Å². The van der Waals surface area contributed by atoms with Crippen molar-refractivity contribution in [3.05, 3.63) is 59.1 Å². The maximum absolute atomic E-state index is 12.7. The molecule has 1 rings (SSSR count). The Hall–Kier alpha value is -2.57. The van der Waals surface area contributed by atoms with Gasteiger partial charge in [0.2, 0.25) is 0 Å². The molecule has 1 aromatic heterocycles. The smallest absolute Gasteiger partial charge is 0.466 e. The van der Waals surface area contributed by atoms with Gasteiger partial charge in [0.25, 0.3) is 0 Å². The molecule has 358 valence electrons. The summed E-state index contributed by atoms with van der Waals surface area (Å²) in [6.07, 6.45) is 33.1. The SMILES string of the molecule is CCCCC/C=C\C/C=C\C/C=C\CC(O)C(O)CCCC(=O)OC[C@H](COP(=O)(O)OCCN)OC(=O)CCCCCCCCCCCCc1oc(CCCCC)c(C)c1C. The van der Waals surface area contributed by atoms with Crippen molar-refractivity contribution in [2.75, 3.05) is 26.4 Å². The molecule has 0 radical (unpaired) electrons. The van der Waals surface area contributed by atoms with Crippen molar-refractivity contribution in [1.29, 1.82) is 0 Å². The van der Waals surface area contributed by atoms with E-state index in [0.29, 0.717) is 12.8 Å². The normalized spacial score (nSPS) is 14.5. The van der Waals surface area contributed by atoms with Crippen LogP contribution in [0.2, 0.25) is 0 Å². The van der Waals surface area contributed by atoms with E-state index in [9.17, 15) is 29.3 Å². The van der Waals surface area contributed by atoms with Crippen LogP contribution in [0.1, 0.15) is 191 Å². The Labute approximate surface area is 375 Å². The third-order valence-electron chi connectivity index (χ3n) is 10.9. The van der Waals surface area contributed by atoms with Crippen LogP contribution >= 0.6 is 7.82 Å². The van der Waals surface area contributed by atoms with Crippen LogP contribution in [0, 0.1) is 13.8 Å². The zero-order valence-electron chi connectivity index (χ0n) is 39.0. The molecule has 0 aromatic carbocycles. The third kappa shape index (κ3) is 30.5. The van der Waals surface area contributed by atoms with Gasteiger partial charge in [-0.15, -0.1) is 0 Å². The Kier molecular flexibility index (Phi) is 35.0. The summed E-state index contributed by atoms with van der Waals surface area (Å²) < 4.78 is 38.9. The van der Waals surface area contributed by atoms with E-state index in [-0.39, 0.29) is 45.4 Å². The number of esters is 2. The fourth-order valence-corrected chi connectivity index (χ4v) is 7.68. The molecule has 1 aromatic rings. The summed E-state index contributed by atoms with van der Waals surface area (Å²) >= 11 is 0. The molecule has 5 N–H and O–H groups in total. The van der Waals surface area contributed by atoms with Gasteiger partial charge >= 0.3 is 19.8 Å². The van der Waals surface area contributed by atoms with Crippen LogP contribution in [-0.2, 0) is 45.5 Å². The van der Waals surface area contributed by atoms with Gasteiger partial charge in [0.1, 0.15) is 18.1 Å². The van der Waals surface area contributed by atoms with Crippen LogP contribution in [0.3, 0.4) is 0 Å². The van der Waals surface area contributed by atoms with Crippen molar-refractivity contribution < 1.29 is 52.2 Å². The summed E-state index contributed by atoms with van der Waals surface area (Å²) in [5.41, 5.74) is 8.01. The summed E-state index contributed by atoms with van der Waals surface area (Å²) in [5, 5.41) is 20.7. The Morgan fingerprint density at radius 2 is 1.19 bits per heavy atom. The minimum Gasteiger partial charge on any atom is -0.466 e. The third-order valence-corrected chi connectivity index (χ3v) is 11.9. The standard InChI is InChI=1S/C49H86NO11P/c1-5-7-9-10-11-12-13-14-17-20-23-27-31-44(51)45(52)32-30-36-48(53)57-39-43(40-59-62(55,56)58-38-37-50)60-49(54)35-29-25-22-19-16-15-18-21-24-28-34-47-42(4)41(3)46(61-47)33-26-8-6-2/h11-12,14,17,23,27,43-45,51-52H,5-10,13,15-16,18-22,24-26,28-40,50H2,1-4H3,(H,55,56)/b12-11-,17-14-,27-23-/t43-,44?,45?/m1/s1. The highest BCUT2D eigenvalue weighted by Crippen LogP contribution is 2.43. The molecule has 0 aliphatic heterocycles. The first-order valence-electron chi connectivity index (χ1n) is 24.0. The molecule has 62 heavy (non-hydrogen) atoms. The second kappa shape index (κ2) is 37.8. The maximum Gasteiger partial charge on any atom is 0.472 e. The number of ether oxygens (including phenoxy) is 2. The monoisotopic (exact) mass is 896 g/mol. The van der Waals surface area contributed by atoms with Crippen LogP contribution in [0.4, 0.5) is 0 Å². The van der Waals surface area contributed by atoms with Gasteiger partial charge < -0.3 is 34.7 Å². The molecular weight excluding hydrogens is 810 g/mol. The number of phosphoric ester groups is 1. The van der Waals surface area contributed by atoms with E-state index in [0.717, 1.165) is 64.2 Å². The van der Waals surface area contributed by atoms with E-state index in [2.05, 4.69) is 52.0 Å². The van der Waals surface area contributed by atoms with Gasteiger partial charge in [-0.1, -0.05) is 127 Å². The lowest BCUT2D eigenvalue weighted by Gasteiger charge is -2.20. The molecule has 3 unspecified atom stereocenters. The fraction of sp³-hybridized carbons (Fsp3) is 0.755. The number of carbonyl (C=O) groups excluding carboxylic acids is 2. The minimum atomic E-state index is -4.46. The summed E-state index contributed by atoms with van der Waals surface area (Å²) in [7, 11) is -4.46. The van der Waals surface area contributed by atoms with Crippen LogP contribution in [0.15, 0.2) is 40.9 Å². The van der Waals surface area contributed by atoms with Crippen LogP contribution in [-0.4, -0.2) is 71.7 Å². The number of aliphatic hydroxyl groups excluding tert-OH is 2. The molecule has 13 heteroatoms. The highest BCUT2D eigenvalue weighted by atomic mass is 31.2. The molecule has 0 amide bonds. The number of carbonyl (C=O) groups is 2. The number of rotatable bonds is 41. The Morgan fingerprint density at radius 3 is 1.81 bits per heavy atom. The first-order chi connectivity index (χ1) is 29.9. The largest absolute Gasteiger partial charge is 0.472 e. The molecule has 0 bridgehead atoms. The average Bonchev–Trinajstić information content (AvgIpc) is 3.52. The van der Waals surface area contributed by atoms with Gasteiger partial charge in [-0.3, -0.25) is 18.6 Å². The average molecular weight is 896 g/mol. The van der Waals surface area contributed by atoms with Crippen molar-refractivity contribution in [2.24, 2.45) is 5.73 Å². The molecule has 0 saturated carbocycles. The number of phosphoric acid groups is 1. The number of hydrogen-bond acceptors (Lipinski definition) is 11. The Bertz CT molecular complexity index is 1420. The molecule has 0 spiro atoms. The van der Waals surface area contributed by atoms with E-state index in [4.69, 9.17) is 28.7 Å². The second-order valence-electron chi connectivity index (χ2n) is 16.5. The minimum absolute atomic E-state index is 0.00813. The molecule has 0 aliphatic carbocycles. The number of allylic oxidation sites excluding steroid dienone is 5. The number of aryl methyl sites for hydroxylation is 2. The van der Waals surface area contributed by atoms with Crippen molar-refractivity contribution in [1.82, 2.24) is 0 Å². The first-order valence-corrected chi connectivity index (χ1v) is 25.5. The van der Waals surface area contributed by atoms with Gasteiger partial charge in [-0.2, -0.15) is 0 Å². The Morgan fingerprint density at radius 1 is 0.661 bits per heavy atom. The number of nitrogens with two attached hydrogens (primary N) is 1. The van der Waals surface area contributed by atoms with E-state index in [1.54, 1.807) is 0 Å². The van der Waals surface area contributed by atoms with E-state index in [1.165, 1.54) is 86.9 Å². The highest BCUT2D eigenvalue weighted by molar-refractivity contribution is 7.47. The van der Waals surface area contributed by atoms with Gasteiger partial charge in [-0.25, -0.2) is 4.57 Å². The molecule has 0 saturated heterocycles. The summed E-state index contributed by atoms with van der Waals surface area (Å²) in [4.78, 5) is 35.1. The quantitative estimate of drug-likeness (QED) is 0.0211. The molecule has 1 heterocycles. The molecular formula is C49H86NO11P.